The van der Waals surface area contributed by atoms with Gasteiger partial charge in [0, 0.05) is 11.9 Å². The molecule has 48 valence electrons. The monoisotopic (exact) mass is 123 g/mol. The first-order chi connectivity index (χ1) is 4.31. The Morgan fingerprint density at radius 3 is 2.78 bits per heavy atom. The van der Waals surface area contributed by atoms with Gasteiger partial charge in [-0.1, -0.05) is 0 Å². The molecule has 0 radical (unpaired) electrons. The van der Waals surface area contributed by atoms with Crippen LogP contribution in [0.2, 0.25) is 0 Å². The number of aromatic amines is 1. The molecule has 0 aliphatic heterocycles. The predicted molar refractivity (Wildman–Crippen MR) is 33.9 cm³/mol. The maximum Gasteiger partial charge on any atom is 0.105 e. The van der Waals surface area contributed by atoms with E-state index in [0.29, 0.717) is 0 Å². The minimum atomic E-state index is -0.483. The highest BCUT2D eigenvalue weighted by atomic mass is 16.3. The van der Waals surface area contributed by atoms with E-state index in [2.05, 4.69) is 4.98 Å². The van der Waals surface area contributed by atoms with Gasteiger partial charge in [-0.15, -0.1) is 0 Å². The Morgan fingerprint density at radius 2 is 2.33 bits per heavy atom. The van der Waals surface area contributed by atoms with Gasteiger partial charge in [-0.05, 0) is 25.0 Å². The van der Waals surface area contributed by atoms with Gasteiger partial charge < -0.3 is 10.1 Å². The van der Waals surface area contributed by atoms with Crippen LogP contribution in [0.4, 0.5) is 0 Å². The van der Waals surface area contributed by atoms with E-state index in [0.717, 1.165) is 18.5 Å². The fraction of sp³-hybridized carbons (Fsp3) is 0.429. The van der Waals surface area contributed by atoms with Gasteiger partial charge in [0.2, 0.25) is 0 Å². The van der Waals surface area contributed by atoms with E-state index in [1.54, 1.807) is 0 Å². The Bertz CT molecular complexity index is 199. The average molecular weight is 123 g/mol. The maximum absolute atomic E-state index is 9.46. The molecule has 2 rings (SSSR count). The first-order valence-electron chi connectivity index (χ1n) is 3.17. The second-order valence-electron chi connectivity index (χ2n) is 2.62. The molecule has 0 spiro atoms. The quantitative estimate of drug-likeness (QED) is 0.574. The first-order valence-corrected chi connectivity index (χ1v) is 3.17. The largest absolute Gasteiger partial charge is 0.384 e. The minimum Gasteiger partial charge on any atom is -0.384 e. The molecule has 1 heterocycles. The van der Waals surface area contributed by atoms with Crippen molar-refractivity contribution in [3.63, 3.8) is 0 Å². The van der Waals surface area contributed by atoms with E-state index < -0.39 is 5.60 Å². The summed E-state index contributed by atoms with van der Waals surface area (Å²) in [5.41, 5.74) is 0.478. The van der Waals surface area contributed by atoms with Gasteiger partial charge in [-0.25, -0.2) is 0 Å². The highest BCUT2D eigenvalue weighted by molar-refractivity contribution is 5.19. The van der Waals surface area contributed by atoms with Crippen molar-refractivity contribution in [1.29, 1.82) is 0 Å². The molecule has 2 nitrogen and oxygen atoms in total. The Kier molecular flexibility index (Phi) is 0.781. The fourth-order valence-electron chi connectivity index (χ4n) is 1.01. The Morgan fingerprint density at radius 1 is 1.56 bits per heavy atom. The van der Waals surface area contributed by atoms with Gasteiger partial charge in [0.05, 0.1) is 0 Å². The molecule has 1 aromatic heterocycles. The van der Waals surface area contributed by atoms with Gasteiger partial charge in [0.25, 0.3) is 0 Å². The highest BCUT2D eigenvalue weighted by Gasteiger charge is 2.42. The lowest BCUT2D eigenvalue weighted by atomic mass is 10.2. The summed E-state index contributed by atoms with van der Waals surface area (Å²) in [6, 6.07) is 3.83. The van der Waals surface area contributed by atoms with Crippen molar-refractivity contribution in [1.82, 2.24) is 4.98 Å². The summed E-state index contributed by atoms with van der Waals surface area (Å²) >= 11 is 0. The molecule has 1 saturated carbocycles. The Labute approximate surface area is 53.5 Å². The third-order valence-electron chi connectivity index (χ3n) is 1.82. The first kappa shape index (κ1) is 5.06. The van der Waals surface area contributed by atoms with E-state index >= 15 is 0 Å². The standard InChI is InChI=1S/C7H9NO/c9-7(3-4-7)6-2-1-5-8-6/h1-2,5,8-9H,3-4H2. The van der Waals surface area contributed by atoms with Gasteiger partial charge in [-0.2, -0.15) is 0 Å². The molecular formula is C7H9NO. The van der Waals surface area contributed by atoms with Crippen LogP contribution in [0.5, 0.6) is 0 Å². The van der Waals surface area contributed by atoms with Gasteiger partial charge >= 0.3 is 0 Å². The topological polar surface area (TPSA) is 36.0 Å². The van der Waals surface area contributed by atoms with Crippen LogP contribution in [0.25, 0.3) is 0 Å². The van der Waals surface area contributed by atoms with Gasteiger partial charge in [0.1, 0.15) is 5.60 Å². The third-order valence-corrected chi connectivity index (χ3v) is 1.82. The zero-order valence-corrected chi connectivity index (χ0v) is 5.09. The molecule has 1 fully saturated rings. The SMILES string of the molecule is OC1(c2ccc[nH]2)CC1. The summed E-state index contributed by atoms with van der Waals surface area (Å²) in [5.74, 6) is 0. The summed E-state index contributed by atoms with van der Waals surface area (Å²) in [6.45, 7) is 0. The maximum atomic E-state index is 9.46. The molecule has 1 aromatic rings. The van der Waals surface area contributed by atoms with Crippen LogP contribution in [0.15, 0.2) is 18.3 Å². The van der Waals surface area contributed by atoms with E-state index in [4.69, 9.17) is 0 Å². The summed E-state index contributed by atoms with van der Waals surface area (Å²) in [6.07, 6.45) is 3.66. The van der Waals surface area contributed by atoms with Gasteiger partial charge in [-0.3, -0.25) is 0 Å². The summed E-state index contributed by atoms with van der Waals surface area (Å²) in [7, 11) is 0. The molecule has 2 heteroatoms. The molecule has 9 heavy (non-hydrogen) atoms. The molecule has 1 aliphatic carbocycles. The van der Waals surface area contributed by atoms with Crippen LogP contribution in [-0.2, 0) is 5.60 Å². The number of hydrogen-bond acceptors (Lipinski definition) is 1. The van der Waals surface area contributed by atoms with Crippen LogP contribution in [0, 0.1) is 0 Å². The smallest absolute Gasteiger partial charge is 0.105 e. The molecule has 0 unspecified atom stereocenters. The molecule has 0 amide bonds. The molecule has 2 N–H and O–H groups in total. The normalized spacial score (nSPS) is 21.9. The molecule has 0 atom stereocenters. The van der Waals surface area contributed by atoms with E-state index in [9.17, 15) is 5.11 Å². The zero-order valence-electron chi connectivity index (χ0n) is 5.09. The summed E-state index contributed by atoms with van der Waals surface area (Å²) in [5, 5.41) is 9.46. The van der Waals surface area contributed by atoms with Crippen LogP contribution in [0.1, 0.15) is 18.5 Å². The molecule has 0 aromatic carbocycles. The number of aromatic nitrogens is 1. The van der Waals surface area contributed by atoms with Crippen molar-refractivity contribution >= 4 is 0 Å². The lowest BCUT2D eigenvalue weighted by Gasteiger charge is -2.01. The van der Waals surface area contributed by atoms with E-state index in [1.807, 2.05) is 18.3 Å². The minimum absolute atomic E-state index is 0.483. The Hall–Kier alpha value is -0.760. The Balaban J connectivity index is 2.34. The van der Waals surface area contributed by atoms with Gasteiger partial charge in [0.15, 0.2) is 0 Å². The van der Waals surface area contributed by atoms with E-state index in [-0.39, 0.29) is 0 Å². The average Bonchev–Trinajstić information content (AvgIpc) is 2.46. The number of nitrogens with one attached hydrogen (secondary N) is 1. The van der Waals surface area contributed by atoms with Crippen molar-refractivity contribution < 1.29 is 5.11 Å². The summed E-state index contributed by atoms with van der Waals surface area (Å²) < 4.78 is 0. The zero-order chi connectivity index (χ0) is 6.32. The molecular weight excluding hydrogens is 114 g/mol. The van der Waals surface area contributed by atoms with Crippen LogP contribution >= 0.6 is 0 Å². The van der Waals surface area contributed by atoms with Crippen LogP contribution < -0.4 is 0 Å². The van der Waals surface area contributed by atoms with E-state index in [1.165, 1.54) is 0 Å². The highest BCUT2D eigenvalue weighted by Crippen LogP contribution is 2.44. The van der Waals surface area contributed by atoms with Crippen LogP contribution in [-0.4, -0.2) is 10.1 Å². The molecule has 0 bridgehead atoms. The molecule has 0 saturated heterocycles. The third kappa shape index (κ3) is 0.669. The summed E-state index contributed by atoms with van der Waals surface area (Å²) in [4.78, 5) is 2.99. The lowest BCUT2D eigenvalue weighted by molar-refractivity contribution is 0.147. The van der Waals surface area contributed by atoms with Crippen molar-refractivity contribution in [3.05, 3.63) is 24.0 Å². The number of rotatable bonds is 1. The van der Waals surface area contributed by atoms with Crippen molar-refractivity contribution in [3.8, 4) is 0 Å². The predicted octanol–water partition coefficient (Wildman–Crippen LogP) is 0.996. The fourth-order valence-corrected chi connectivity index (χ4v) is 1.01. The lowest BCUT2D eigenvalue weighted by Crippen LogP contribution is -2.03. The van der Waals surface area contributed by atoms with Crippen molar-refractivity contribution in [2.75, 3.05) is 0 Å². The van der Waals surface area contributed by atoms with Crippen molar-refractivity contribution in [2.45, 2.75) is 18.4 Å². The number of H-pyrrole nitrogens is 1. The number of aliphatic hydroxyl groups is 1. The van der Waals surface area contributed by atoms with Crippen molar-refractivity contribution in [2.24, 2.45) is 0 Å². The second kappa shape index (κ2) is 1.39. The van der Waals surface area contributed by atoms with Crippen LogP contribution in [0.3, 0.4) is 0 Å². The molecule has 1 aliphatic rings. The second-order valence-corrected chi connectivity index (χ2v) is 2.62. The number of hydrogen-bond donors (Lipinski definition) is 2.